The molecule has 0 fully saturated rings. The SMILES string of the molecule is C/C=C\C.C/C=C\c1c(C)n(C)c2ccccc12.CC.CC.CC.c1cc(-c2cccc(-c3cccc4c3sc3ccc(-n5c6ccccc6c6ccccc65)cc34)c2)cc(-c2cccc3c2sc2ccc(-n4c5ccccc5c5ccccc54)cc23)c1. The third-order valence-corrected chi connectivity index (χ3v) is 18.9. The molecule has 16 aromatic rings. The molecule has 0 spiro atoms. The van der Waals surface area contributed by atoms with E-state index in [2.05, 4.69) is 289 Å². The summed E-state index contributed by atoms with van der Waals surface area (Å²) in [5.41, 5.74) is 18.7. The highest BCUT2D eigenvalue weighted by Gasteiger charge is 2.18. The van der Waals surface area contributed by atoms with Crippen LogP contribution in [0.25, 0.3) is 146 Å². The number of nitrogens with zero attached hydrogens (tertiary/aromatic N) is 3. The predicted octanol–water partition coefficient (Wildman–Crippen LogP) is 25.8. The zero-order valence-corrected chi connectivity index (χ0v) is 54.2. The third kappa shape index (κ3) is 10.9. The van der Waals surface area contributed by atoms with Crippen molar-refractivity contribution in [3.63, 3.8) is 0 Å². The number of aromatic nitrogens is 3. The minimum absolute atomic E-state index is 1.19. The monoisotopic (exact) mass is 1180 g/mol. The van der Waals surface area contributed by atoms with Gasteiger partial charge in [0.2, 0.25) is 0 Å². The average molecular weight is 1180 g/mol. The van der Waals surface area contributed by atoms with E-state index in [1.807, 2.05) is 90.2 Å². The van der Waals surface area contributed by atoms with E-state index in [0.717, 1.165) is 0 Å². The highest BCUT2D eigenvalue weighted by Crippen LogP contribution is 2.45. The van der Waals surface area contributed by atoms with Crippen molar-refractivity contribution >= 4 is 124 Å². The van der Waals surface area contributed by atoms with Crippen molar-refractivity contribution in [2.24, 2.45) is 7.05 Å². The molecule has 11 aromatic carbocycles. The van der Waals surface area contributed by atoms with Gasteiger partial charge in [0.15, 0.2) is 0 Å². The number of para-hydroxylation sites is 5. The Morgan fingerprint density at radius 3 is 1.03 bits per heavy atom. The Hall–Kier alpha value is -9.52. The molecule has 0 bridgehead atoms. The van der Waals surface area contributed by atoms with Crippen molar-refractivity contribution in [3.05, 3.63) is 272 Å². The fourth-order valence-electron chi connectivity index (χ4n) is 12.4. The van der Waals surface area contributed by atoms with Crippen LogP contribution in [0.4, 0.5) is 0 Å². The molecule has 0 atom stereocenters. The standard InChI is InChI=1S/C60H36N2S2.C13H15N.C4H8.3C2H6/c1-5-25-53-45(17-1)46-18-2-6-26-54(46)61(53)41-29-31-57-51(35-41)49-23-11-21-43(59(49)63-57)39-15-9-13-37(33-39)38-14-10-16-40(34-38)44-22-12-24-50-52-36-42(30-32-58(52)64-60(44)50)62-55-27-7-3-19-47(55)48-20-4-8-28-56(48)62;1-4-7-11-10(2)14(3)13-9-6-5-8-12(11)13;1-3-4-2;3*1-2/h1-36H;4-9H,1-3H3;3-4H,1-2H3;3*1-2H3/b;7-4-;4-3-;;;. The summed E-state index contributed by atoms with van der Waals surface area (Å²) < 4.78 is 12.3. The number of allylic oxidation sites excluding steroid dienone is 3. The van der Waals surface area contributed by atoms with E-state index >= 15 is 0 Å². The summed E-state index contributed by atoms with van der Waals surface area (Å²) in [6.45, 7) is 20.2. The average Bonchev–Trinajstić information content (AvgIpc) is 1.71. The van der Waals surface area contributed by atoms with Crippen molar-refractivity contribution in [1.29, 1.82) is 0 Å². The first kappa shape index (κ1) is 60.2. The maximum absolute atomic E-state index is 2.42. The quantitative estimate of drug-likeness (QED) is 0.147. The van der Waals surface area contributed by atoms with Gasteiger partial charge >= 0.3 is 0 Å². The van der Waals surface area contributed by atoms with Crippen LogP contribution >= 0.6 is 22.7 Å². The molecular formula is C83H77N3S2. The summed E-state index contributed by atoms with van der Waals surface area (Å²) in [5, 5.41) is 11.6. The number of aryl methyl sites for hydroxylation is 1. The van der Waals surface area contributed by atoms with Gasteiger partial charge in [-0.15, -0.1) is 22.7 Å². The van der Waals surface area contributed by atoms with Gasteiger partial charge in [0.05, 0.1) is 22.1 Å². The lowest BCUT2D eigenvalue weighted by atomic mass is 9.95. The van der Waals surface area contributed by atoms with Gasteiger partial charge in [0.25, 0.3) is 0 Å². The topological polar surface area (TPSA) is 14.8 Å². The van der Waals surface area contributed by atoms with Crippen molar-refractivity contribution in [1.82, 2.24) is 13.7 Å². The van der Waals surface area contributed by atoms with E-state index in [1.165, 1.54) is 151 Å². The minimum Gasteiger partial charge on any atom is -0.347 e. The van der Waals surface area contributed by atoms with Crippen LogP contribution in [0.3, 0.4) is 0 Å². The molecule has 0 saturated carbocycles. The Morgan fingerprint density at radius 2 is 0.648 bits per heavy atom. The largest absolute Gasteiger partial charge is 0.347 e. The lowest BCUT2D eigenvalue weighted by molar-refractivity contribution is 0.916. The number of benzene rings is 11. The van der Waals surface area contributed by atoms with E-state index in [0.29, 0.717) is 0 Å². The fourth-order valence-corrected chi connectivity index (χ4v) is 14.8. The summed E-state index contributed by atoms with van der Waals surface area (Å²) >= 11 is 3.78. The van der Waals surface area contributed by atoms with Gasteiger partial charge in [-0.1, -0.05) is 230 Å². The highest BCUT2D eigenvalue weighted by molar-refractivity contribution is 7.26. The van der Waals surface area contributed by atoms with Crippen LogP contribution in [0, 0.1) is 6.92 Å². The fraction of sp³-hybridized carbons (Fsp3) is 0.133. The molecule has 0 amide bonds. The van der Waals surface area contributed by atoms with Crippen LogP contribution in [0.15, 0.2) is 261 Å². The Kier molecular flexibility index (Phi) is 18.5. The first-order valence-electron chi connectivity index (χ1n) is 31.2. The normalized spacial score (nSPS) is 11.3. The lowest BCUT2D eigenvalue weighted by Crippen LogP contribution is -1.93. The summed E-state index contributed by atoms with van der Waals surface area (Å²) in [5.74, 6) is 0. The zero-order valence-electron chi connectivity index (χ0n) is 52.6. The van der Waals surface area contributed by atoms with E-state index < -0.39 is 0 Å². The number of hydrogen-bond donors (Lipinski definition) is 0. The number of hydrogen-bond acceptors (Lipinski definition) is 2. The smallest absolute Gasteiger partial charge is 0.0541 e. The Bertz CT molecular complexity index is 4800. The van der Waals surface area contributed by atoms with E-state index in [4.69, 9.17) is 0 Å². The number of rotatable bonds is 6. The molecule has 436 valence electrons. The van der Waals surface area contributed by atoms with Crippen LogP contribution in [-0.2, 0) is 7.05 Å². The molecule has 5 aromatic heterocycles. The molecular weight excluding hydrogens is 1100 g/mol. The van der Waals surface area contributed by atoms with Crippen molar-refractivity contribution in [2.75, 3.05) is 0 Å². The third-order valence-electron chi connectivity index (χ3n) is 16.4. The predicted molar refractivity (Wildman–Crippen MR) is 394 cm³/mol. The van der Waals surface area contributed by atoms with Gasteiger partial charge in [0, 0.05) is 102 Å². The molecule has 0 unspecified atom stereocenters. The van der Waals surface area contributed by atoms with E-state index in [1.54, 1.807) is 0 Å². The second kappa shape index (κ2) is 27.0. The number of thiophene rings is 2. The molecule has 5 heteroatoms. The van der Waals surface area contributed by atoms with Gasteiger partial charge < -0.3 is 13.7 Å². The molecule has 3 nitrogen and oxygen atoms in total. The molecule has 5 heterocycles. The molecule has 0 radical (unpaired) electrons. The first-order valence-corrected chi connectivity index (χ1v) is 32.9. The van der Waals surface area contributed by atoms with Gasteiger partial charge in [-0.25, -0.2) is 0 Å². The van der Waals surface area contributed by atoms with Crippen LogP contribution < -0.4 is 0 Å². The lowest BCUT2D eigenvalue weighted by Gasteiger charge is -2.10. The van der Waals surface area contributed by atoms with Gasteiger partial charge in [-0.2, -0.15) is 0 Å². The summed E-state index contributed by atoms with van der Waals surface area (Å²) in [7, 11) is 2.12. The molecule has 88 heavy (non-hydrogen) atoms. The minimum atomic E-state index is 1.19. The molecule has 0 aliphatic carbocycles. The summed E-state index contributed by atoms with van der Waals surface area (Å²) in [4.78, 5) is 0. The van der Waals surface area contributed by atoms with Crippen LogP contribution in [-0.4, -0.2) is 13.7 Å². The Balaban J connectivity index is 0.000000284. The summed E-state index contributed by atoms with van der Waals surface area (Å²) in [6.07, 6.45) is 8.27. The molecule has 16 rings (SSSR count). The number of fused-ring (bicyclic) bond motifs is 13. The second-order valence-corrected chi connectivity index (χ2v) is 23.2. The van der Waals surface area contributed by atoms with Gasteiger partial charge in [-0.05, 0) is 140 Å². The van der Waals surface area contributed by atoms with Gasteiger partial charge in [0.1, 0.15) is 0 Å². The van der Waals surface area contributed by atoms with Gasteiger partial charge in [-0.3, -0.25) is 0 Å². The second-order valence-electron chi connectivity index (χ2n) is 21.1. The molecule has 0 aliphatic rings. The maximum atomic E-state index is 2.42. The van der Waals surface area contributed by atoms with Crippen molar-refractivity contribution < 1.29 is 0 Å². The summed E-state index contributed by atoms with van der Waals surface area (Å²) in [6, 6.07) is 89.3. The van der Waals surface area contributed by atoms with Crippen LogP contribution in [0.1, 0.15) is 73.6 Å². The van der Waals surface area contributed by atoms with Crippen LogP contribution in [0.2, 0.25) is 0 Å². The first-order chi connectivity index (χ1) is 43.4. The molecule has 0 N–H and O–H groups in total. The Labute approximate surface area is 527 Å². The van der Waals surface area contributed by atoms with Crippen molar-refractivity contribution in [2.45, 2.75) is 69.2 Å². The van der Waals surface area contributed by atoms with Crippen molar-refractivity contribution in [3.8, 4) is 44.8 Å². The zero-order chi connectivity index (χ0) is 61.4. The van der Waals surface area contributed by atoms with Crippen LogP contribution in [0.5, 0.6) is 0 Å². The van der Waals surface area contributed by atoms with E-state index in [9.17, 15) is 0 Å². The van der Waals surface area contributed by atoms with E-state index in [-0.39, 0.29) is 0 Å². The maximum Gasteiger partial charge on any atom is 0.0541 e. The highest BCUT2D eigenvalue weighted by atomic mass is 32.1. The molecule has 0 saturated heterocycles. The Morgan fingerprint density at radius 1 is 0.307 bits per heavy atom. The molecule has 0 aliphatic heterocycles.